The van der Waals surface area contributed by atoms with Crippen molar-refractivity contribution >= 4 is 58.0 Å². The van der Waals surface area contributed by atoms with Crippen LogP contribution in [0.5, 0.6) is 0 Å². The fourth-order valence-electron chi connectivity index (χ4n) is 16.5. The number of nitrogens with zero attached hydrogens (tertiary/aromatic N) is 14. The average molecular weight is 1630 g/mol. The largest absolute Gasteiger partial charge is 0.382 e. The number of nitrogens with two attached hydrogens (primary N) is 2. The Morgan fingerprint density at radius 2 is 0.568 bits per heavy atom. The number of unbranched alkanes of at least 4 members (excludes halogenated alkanes) is 8. The maximum atomic E-state index is 15.8. The van der Waals surface area contributed by atoms with E-state index in [4.69, 9.17) is 52.1 Å². The molecule has 5 aromatic rings. The molecular formula is C98H166N16O4. The van der Waals surface area contributed by atoms with Crippen molar-refractivity contribution in [2.24, 2.45) is 67.8 Å². The van der Waals surface area contributed by atoms with Crippen LogP contribution in [0.15, 0.2) is 69.2 Å². The van der Waals surface area contributed by atoms with Gasteiger partial charge in [0.25, 0.3) is 23.6 Å². The van der Waals surface area contributed by atoms with E-state index in [0.29, 0.717) is 133 Å². The predicted octanol–water partition coefficient (Wildman–Crippen LogP) is 26.9. The molecule has 4 N–H and O–H groups in total. The SMILES string of the molecule is CCCCC(CC)CN(CC(CC)CCCC)C(=O)c1ccc(C(=O)N(CC(CC)CCCC)CC(CC)CCCC)c(N=Nc2c(C(C)(C)C)nn(-c3cc(-n4nc(C(C)(C)C)c(N=Nc5cc(C(=O)N(CC(CC)CCCC)CC(CC)CCCC)ccc5C(=O)N(CC(CC)CCCC)CC(CC)CCCC)c4N)ncn3)c2N)c1. The Bertz CT molecular complexity index is 3510. The van der Waals surface area contributed by atoms with E-state index in [9.17, 15) is 0 Å². The van der Waals surface area contributed by atoms with Gasteiger partial charge in [0.1, 0.15) is 6.33 Å². The summed E-state index contributed by atoms with van der Waals surface area (Å²) in [6.45, 7) is 53.0. The highest BCUT2D eigenvalue weighted by molar-refractivity contribution is 6.03. The second-order valence-electron chi connectivity index (χ2n) is 36.8. The van der Waals surface area contributed by atoms with Crippen LogP contribution in [-0.4, -0.2) is 125 Å². The number of benzene rings is 2. The first-order chi connectivity index (χ1) is 56.6. The topological polar surface area (TPSA) is 244 Å². The lowest BCUT2D eigenvalue weighted by molar-refractivity contribution is 0.0674. The predicted molar refractivity (Wildman–Crippen MR) is 494 cm³/mol. The van der Waals surface area contributed by atoms with Crippen molar-refractivity contribution in [3.63, 3.8) is 0 Å². The van der Waals surface area contributed by atoms with Gasteiger partial charge in [0, 0.05) is 80.4 Å². The van der Waals surface area contributed by atoms with Crippen molar-refractivity contribution in [3.05, 3.63) is 82.4 Å². The lowest BCUT2D eigenvalue weighted by Crippen LogP contribution is -2.39. The van der Waals surface area contributed by atoms with E-state index in [0.717, 1.165) is 205 Å². The Labute approximate surface area is 716 Å². The minimum Gasteiger partial charge on any atom is -0.382 e. The first kappa shape index (κ1) is 101. The molecule has 118 heavy (non-hydrogen) atoms. The summed E-state index contributed by atoms with van der Waals surface area (Å²) in [5, 5.41) is 30.7. The Morgan fingerprint density at radius 1 is 0.339 bits per heavy atom. The quantitative estimate of drug-likeness (QED) is 0.0349. The molecule has 0 saturated carbocycles. The van der Waals surface area contributed by atoms with Gasteiger partial charge in [0.2, 0.25) is 0 Å². The van der Waals surface area contributed by atoms with Crippen molar-refractivity contribution in [3.8, 4) is 11.6 Å². The molecule has 0 bridgehead atoms. The van der Waals surface area contributed by atoms with E-state index < -0.39 is 10.8 Å². The van der Waals surface area contributed by atoms with Gasteiger partial charge in [-0.3, -0.25) is 19.2 Å². The molecule has 0 aliphatic heterocycles. The van der Waals surface area contributed by atoms with Gasteiger partial charge in [0.15, 0.2) is 34.6 Å². The minimum absolute atomic E-state index is 0.0747. The van der Waals surface area contributed by atoms with Crippen LogP contribution in [0, 0.1) is 47.3 Å². The summed E-state index contributed by atoms with van der Waals surface area (Å²) in [6.07, 6.45) is 34.8. The number of hydrogen-bond donors (Lipinski definition) is 2. The molecule has 0 radical (unpaired) electrons. The summed E-state index contributed by atoms with van der Waals surface area (Å²) in [6, 6.07) is 12.6. The zero-order valence-electron chi connectivity index (χ0n) is 78.6. The van der Waals surface area contributed by atoms with E-state index in [1.165, 1.54) is 15.7 Å². The van der Waals surface area contributed by atoms with Crippen LogP contribution in [0.25, 0.3) is 11.6 Å². The highest BCUT2D eigenvalue weighted by Crippen LogP contribution is 2.42. The molecule has 0 spiro atoms. The highest BCUT2D eigenvalue weighted by atomic mass is 16.2. The van der Waals surface area contributed by atoms with Crippen molar-refractivity contribution in [1.82, 2.24) is 49.1 Å². The lowest BCUT2D eigenvalue weighted by atomic mass is 9.91. The van der Waals surface area contributed by atoms with Gasteiger partial charge in [-0.2, -0.15) is 19.6 Å². The van der Waals surface area contributed by atoms with E-state index in [1.54, 1.807) is 18.2 Å². The maximum Gasteiger partial charge on any atom is 0.256 e. The number of carbonyl (C=O) groups excluding carboxylic acids is 4. The summed E-state index contributed by atoms with van der Waals surface area (Å²) < 4.78 is 3.06. The van der Waals surface area contributed by atoms with Crippen LogP contribution in [-0.2, 0) is 10.8 Å². The van der Waals surface area contributed by atoms with Crippen molar-refractivity contribution in [2.75, 3.05) is 63.8 Å². The molecule has 0 fully saturated rings. The first-order valence-corrected chi connectivity index (χ1v) is 47.5. The molecule has 0 aliphatic rings. The Balaban J connectivity index is 1.80. The number of azo groups is 2. The summed E-state index contributed by atoms with van der Waals surface area (Å²) >= 11 is 0. The van der Waals surface area contributed by atoms with Gasteiger partial charge >= 0.3 is 0 Å². The molecule has 20 nitrogen and oxygen atoms in total. The second kappa shape index (κ2) is 52.7. The third-order valence-electron chi connectivity index (χ3n) is 25.1. The number of rotatable bonds is 58. The summed E-state index contributed by atoms with van der Waals surface area (Å²) in [7, 11) is 0. The summed E-state index contributed by atoms with van der Waals surface area (Å²) in [4.78, 5) is 80.6. The van der Waals surface area contributed by atoms with Gasteiger partial charge in [0.05, 0.1) is 33.9 Å². The smallest absolute Gasteiger partial charge is 0.256 e. The third kappa shape index (κ3) is 30.6. The number of anilines is 2. The Kier molecular flexibility index (Phi) is 45.2. The molecule has 8 unspecified atom stereocenters. The van der Waals surface area contributed by atoms with Gasteiger partial charge in [-0.1, -0.05) is 306 Å². The first-order valence-electron chi connectivity index (χ1n) is 47.5. The van der Waals surface area contributed by atoms with E-state index in [-0.39, 0.29) is 69.6 Å². The molecule has 20 heteroatoms. The van der Waals surface area contributed by atoms with Crippen LogP contribution in [0.4, 0.5) is 34.4 Å². The van der Waals surface area contributed by atoms with Gasteiger partial charge < -0.3 is 31.1 Å². The number of nitrogen functional groups attached to an aromatic ring is 2. The second-order valence-corrected chi connectivity index (χ2v) is 36.8. The Hall–Kier alpha value is -7.38. The number of hydrogen-bond acceptors (Lipinski definition) is 14. The highest BCUT2D eigenvalue weighted by Gasteiger charge is 2.35. The number of carbonyl (C=O) groups is 4. The summed E-state index contributed by atoms with van der Waals surface area (Å²) in [5.74, 6) is 3.07. The lowest BCUT2D eigenvalue weighted by Gasteiger charge is -2.32. The maximum absolute atomic E-state index is 15.8. The van der Waals surface area contributed by atoms with Gasteiger partial charge in [-0.25, -0.2) is 9.97 Å². The number of amides is 4. The normalized spacial score (nSPS) is 14.2. The zero-order chi connectivity index (χ0) is 87.1. The molecule has 0 saturated heterocycles. The van der Waals surface area contributed by atoms with Crippen LogP contribution < -0.4 is 11.5 Å². The summed E-state index contributed by atoms with van der Waals surface area (Å²) in [5.41, 5.74) is 17.3. The van der Waals surface area contributed by atoms with E-state index in [1.807, 2.05) is 65.8 Å². The van der Waals surface area contributed by atoms with E-state index >= 15 is 19.2 Å². The fourth-order valence-corrected chi connectivity index (χ4v) is 16.5. The average Bonchev–Trinajstić information content (AvgIpc) is 1.66. The standard InChI is InChI=1S/C98H166N16O4/c1-23-39-47-71(31-9)62-109(63-72(32-10)48-40-24-2)93(115)79-55-57-81(95(117)111(66-75(35-13)51-43-27-5)67-76(36-14)52-44-28-6)83(59-79)103-105-87-89(97(17,18)19)107-113(91(87)99)85-61-86(102-70-101-85)114-92(100)88(90(108-114)98(20,21)22)106-104-84-60-80(94(116)110(64-73(33-11)49-41-25-3)65-74(34-12)50-42-26-4)56-58-82(84)96(118)112(68-77(37-15)53-45-29-7)69-78(38-16)54-46-30-8/h55-61,70-78H,23-54,62-69,99-100H2,1-22H3. The minimum atomic E-state index is -0.652. The van der Waals surface area contributed by atoms with Crippen molar-refractivity contribution < 1.29 is 19.2 Å². The third-order valence-corrected chi connectivity index (χ3v) is 25.1. The van der Waals surface area contributed by atoms with Crippen molar-refractivity contribution in [2.45, 2.75) is 369 Å². The van der Waals surface area contributed by atoms with Gasteiger partial charge in [-0.05, 0) is 135 Å². The van der Waals surface area contributed by atoms with Gasteiger partial charge in [-0.15, -0.1) is 20.5 Å². The number of aromatic nitrogens is 6. The van der Waals surface area contributed by atoms with Crippen LogP contribution in [0.1, 0.15) is 411 Å². The fraction of sp³-hybridized carbons (Fsp3) is 0.735. The van der Waals surface area contributed by atoms with E-state index in [2.05, 4.69) is 130 Å². The zero-order valence-corrected chi connectivity index (χ0v) is 78.6. The molecule has 2 aromatic carbocycles. The molecule has 0 aliphatic carbocycles. The van der Waals surface area contributed by atoms with Crippen LogP contribution >= 0.6 is 0 Å². The molecule has 3 aromatic heterocycles. The van der Waals surface area contributed by atoms with Crippen LogP contribution in [0.2, 0.25) is 0 Å². The monoisotopic (exact) mass is 1630 g/mol. The molecule has 5 rings (SSSR count). The molecule has 4 amide bonds. The molecule has 662 valence electrons. The Morgan fingerprint density at radius 3 is 0.780 bits per heavy atom. The molecule has 3 heterocycles. The van der Waals surface area contributed by atoms with Crippen molar-refractivity contribution in [1.29, 1.82) is 0 Å². The molecular weight excluding hydrogens is 1470 g/mol. The van der Waals surface area contributed by atoms with Crippen LogP contribution in [0.3, 0.4) is 0 Å². The molecule has 8 atom stereocenters.